The first-order valence-corrected chi connectivity index (χ1v) is 8.08. The Hall–Kier alpha value is -2.70. The summed E-state index contributed by atoms with van der Waals surface area (Å²) in [5.41, 5.74) is 6.18. The predicted molar refractivity (Wildman–Crippen MR) is 86.6 cm³/mol. The number of likely N-dealkylation sites (tertiary alicyclic amines) is 1. The van der Waals surface area contributed by atoms with E-state index in [2.05, 4.69) is 10.1 Å². The predicted octanol–water partition coefficient (Wildman–Crippen LogP) is 1.39. The van der Waals surface area contributed by atoms with Crippen molar-refractivity contribution in [1.82, 2.24) is 15.0 Å². The maximum Gasteiger partial charge on any atom is 0.226 e. The van der Waals surface area contributed by atoms with Crippen molar-refractivity contribution in [3.63, 3.8) is 0 Å². The molecule has 24 heavy (non-hydrogen) atoms. The molecule has 1 aliphatic heterocycles. The van der Waals surface area contributed by atoms with Gasteiger partial charge in [0.25, 0.3) is 0 Å². The lowest BCUT2D eigenvalue weighted by Crippen LogP contribution is -2.31. The van der Waals surface area contributed by atoms with E-state index in [1.807, 2.05) is 30.3 Å². The van der Waals surface area contributed by atoms with Gasteiger partial charge in [0.1, 0.15) is 0 Å². The van der Waals surface area contributed by atoms with Crippen LogP contribution >= 0.6 is 0 Å². The maximum absolute atomic E-state index is 12.1. The summed E-state index contributed by atoms with van der Waals surface area (Å²) in [7, 11) is 0. The molecule has 2 amide bonds. The number of nitrogens with zero attached hydrogens (tertiary/aromatic N) is 3. The van der Waals surface area contributed by atoms with Crippen LogP contribution in [0.15, 0.2) is 34.9 Å². The van der Waals surface area contributed by atoms with Crippen LogP contribution in [0, 0.1) is 5.92 Å². The van der Waals surface area contributed by atoms with Crippen molar-refractivity contribution in [2.45, 2.75) is 25.7 Å². The first-order chi connectivity index (χ1) is 11.6. The molecule has 1 aromatic heterocycles. The molecule has 3 rings (SSSR count). The molecule has 1 aliphatic rings. The summed E-state index contributed by atoms with van der Waals surface area (Å²) >= 11 is 0. The lowest BCUT2D eigenvalue weighted by Gasteiger charge is -2.15. The fraction of sp³-hybridized carbons (Fsp3) is 0.412. The highest BCUT2D eigenvalue weighted by Crippen LogP contribution is 2.18. The molecule has 1 unspecified atom stereocenters. The second-order valence-corrected chi connectivity index (χ2v) is 5.96. The number of rotatable bonds is 6. The van der Waals surface area contributed by atoms with Crippen LogP contribution in [0.3, 0.4) is 0 Å². The molecule has 0 saturated carbocycles. The Morgan fingerprint density at radius 2 is 2.08 bits per heavy atom. The summed E-state index contributed by atoms with van der Waals surface area (Å²) in [6.07, 6.45) is 2.24. The van der Waals surface area contributed by atoms with Gasteiger partial charge < -0.3 is 15.2 Å². The van der Waals surface area contributed by atoms with Crippen LogP contribution in [0.1, 0.15) is 25.2 Å². The van der Waals surface area contributed by atoms with E-state index in [0.717, 1.165) is 5.56 Å². The third kappa shape index (κ3) is 3.79. The topological polar surface area (TPSA) is 102 Å². The molecule has 0 spiro atoms. The minimum atomic E-state index is -0.329. The molecule has 0 aliphatic carbocycles. The van der Waals surface area contributed by atoms with Crippen molar-refractivity contribution in [1.29, 1.82) is 0 Å². The quantitative estimate of drug-likeness (QED) is 0.863. The number of primary amides is 1. The van der Waals surface area contributed by atoms with Gasteiger partial charge in [-0.15, -0.1) is 0 Å². The van der Waals surface area contributed by atoms with Crippen molar-refractivity contribution in [2.75, 3.05) is 13.1 Å². The van der Waals surface area contributed by atoms with Gasteiger partial charge in [0.15, 0.2) is 0 Å². The first-order valence-electron chi connectivity index (χ1n) is 8.08. The fourth-order valence-electron chi connectivity index (χ4n) is 2.83. The van der Waals surface area contributed by atoms with E-state index in [9.17, 15) is 9.59 Å². The minimum Gasteiger partial charge on any atom is -0.369 e. The van der Waals surface area contributed by atoms with Crippen LogP contribution < -0.4 is 5.73 Å². The van der Waals surface area contributed by atoms with E-state index < -0.39 is 0 Å². The number of carbonyl (C=O) groups excluding carboxylic acids is 2. The molecule has 126 valence electrons. The second-order valence-electron chi connectivity index (χ2n) is 5.96. The van der Waals surface area contributed by atoms with Gasteiger partial charge in [-0.3, -0.25) is 9.59 Å². The molecule has 2 aromatic rings. The molecular weight excluding hydrogens is 308 g/mol. The molecule has 0 radical (unpaired) electrons. The number of aryl methyl sites for hydroxylation is 1. The molecular formula is C17H20N4O3. The zero-order valence-corrected chi connectivity index (χ0v) is 13.4. The monoisotopic (exact) mass is 328 g/mol. The average Bonchev–Trinajstić information content (AvgIpc) is 3.25. The standard InChI is InChI=1S/C17H20N4O3/c18-16(23)13-9-10-21(11-13)15(22)8-4-7-14-19-17(20-24-14)12-5-2-1-3-6-12/h1-3,5-6,13H,4,7-11H2,(H2,18,23). The van der Waals surface area contributed by atoms with Gasteiger partial charge >= 0.3 is 0 Å². The molecule has 7 nitrogen and oxygen atoms in total. The largest absolute Gasteiger partial charge is 0.369 e. The first kappa shape index (κ1) is 16.2. The Bertz CT molecular complexity index is 714. The summed E-state index contributed by atoms with van der Waals surface area (Å²) in [6.45, 7) is 1.04. The van der Waals surface area contributed by atoms with Gasteiger partial charge in [0, 0.05) is 31.5 Å². The number of nitrogens with two attached hydrogens (primary N) is 1. The normalized spacial score (nSPS) is 17.2. The Morgan fingerprint density at radius 3 is 2.79 bits per heavy atom. The van der Waals surface area contributed by atoms with E-state index >= 15 is 0 Å². The molecule has 2 heterocycles. The van der Waals surface area contributed by atoms with Crippen molar-refractivity contribution in [2.24, 2.45) is 11.7 Å². The van der Waals surface area contributed by atoms with Gasteiger partial charge in [-0.25, -0.2) is 0 Å². The zero-order chi connectivity index (χ0) is 16.9. The molecule has 7 heteroatoms. The smallest absolute Gasteiger partial charge is 0.226 e. The third-order valence-corrected chi connectivity index (χ3v) is 4.22. The number of hydrogen-bond donors (Lipinski definition) is 1. The van der Waals surface area contributed by atoms with E-state index in [0.29, 0.717) is 50.5 Å². The van der Waals surface area contributed by atoms with Gasteiger partial charge in [0.2, 0.25) is 23.5 Å². The van der Waals surface area contributed by atoms with E-state index in [1.54, 1.807) is 4.90 Å². The van der Waals surface area contributed by atoms with Crippen LogP contribution in [0.4, 0.5) is 0 Å². The third-order valence-electron chi connectivity index (χ3n) is 4.22. The van der Waals surface area contributed by atoms with Crippen molar-refractivity contribution >= 4 is 11.8 Å². The highest BCUT2D eigenvalue weighted by atomic mass is 16.5. The number of amides is 2. The molecule has 1 saturated heterocycles. The van der Waals surface area contributed by atoms with Crippen LogP contribution in [0.5, 0.6) is 0 Å². The van der Waals surface area contributed by atoms with Crippen molar-refractivity contribution in [3.8, 4) is 11.4 Å². The van der Waals surface area contributed by atoms with Gasteiger partial charge in [-0.05, 0) is 12.8 Å². The average molecular weight is 328 g/mol. The van der Waals surface area contributed by atoms with E-state index in [1.165, 1.54) is 0 Å². The van der Waals surface area contributed by atoms with E-state index in [4.69, 9.17) is 10.3 Å². The van der Waals surface area contributed by atoms with Gasteiger partial charge in [-0.2, -0.15) is 4.98 Å². The van der Waals surface area contributed by atoms with Crippen LogP contribution in [-0.4, -0.2) is 39.9 Å². The Kier molecular flexibility index (Phi) is 4.88. The summed E-state index contributed by atoms with van der Waals surface area (Å²) in [5, 5.41) is 3.96. The van der Waals surface area contributed by atoms with Gasteiger partial charge in [0.05, 0.1) is 5.92 Å². The van der Waals surface area contributed by atoms with Crippen LogP contribution in [-0.2, 0) is 16.0 Å². The summed E-state index contributed by atoms with van der Waals surface area (Å²) in [6, 6.07) is 9.59. The van der Waals surface area contributed by atoms with Crippen molar-refractivity contribution < 1.29 is 14.1 Å². The maximum atomic E-state index is 12.1. The number of benzene rings is 1. The Morgan fingerprint density at radius 1 is 1.29 bits per heavy atom. The summed E-state index contributed by atoms with van der Waals surface area (Å²) in [4.78, 5) is 29.3. The molecule has 1 atom stereocenters. The van der Waals surface area contributed by atoms with E-state index in [-0.39, 0.29) is 17.7 Å². The van der Waals surface area contributed by atoms with Crippen molar-refractivity contribution in [3.05, 3.63) is 36.2 Å². The number of aromatic nitrogens is 2. The lowest BCUT2D eigenvalue weighted by molar-refractivity contribution is -0.130. The van der Waals surface area contributed by atoms with Crippen LogP contribution in [0.25, 0.3) is 11.4 Å². The molecule has 1 aromatic carbocycles. The SMILES string of the molecule is NC(=O)C1CCN(C(=O)CCCc2nc(-c3ccccc3)no2)C1. The Balaban J connectivity index is 1.46. The highest BCUT2D eigenvalue weighted by molar-refractivity contribution is 5.81. The molecule has 0 bridgehead atoms. The zero-order valence-electron chi connectivity index (χ0n) is 13.4. The highest BCUT2D eigenvalue weighted by Gasteiger charge is 2.29. The minimum absolute atomic E-state index is 0.0431. The second kappa shape index (κ2) is 7.25. The number of hydrogen-bond acceptors (Lipinski definition) is 5. The fourth-order valence-corrected chi connectivity index (χ4v) is 2.83. The lowest BCUT2D eigenvalue weighted by atomic mass is 10.1. The Labute approximate surface area is 139 Å². The summed E-state index contributed by atoms with van der Waals surface area (Å²) < 4.78 is 5.23. The number of carbonyl (C=O) groups is 2. The molecule has 2 N–H and O–H groups in total. The molecule has 1 fully saturated rings. The summed E-state index contributed by atoms with van der Waals surface area (Å²) in [5.74, 6) is 0.586. The van der Waals surface area contributed by atoms with Gasteiger partial charge in [-0.1, -0.05) is 35.5 Å². The van der Waals surface area contributed by atoms with Crippen LogP contribution in [0.2, 0.25) is 0 Å².